The second-order valence-corrected chi connectivity index (χ2v) is 4.89. The van der Waals surface area contributed by atoms with Crippen LogP contribution in [-0.4, -0.2) is 21.6 Å². The van der Waals surface area contributed by atoms with Crippen LogP contribution in [0.3, 0.4) is 0 Å². The summed E-state index contributed by atoms with van der Waals surface area (Å²) in [5, 5.41) is 12.5. The Morgan fingerprint density at radius 2 is 1.90 bits per heavy atom. The van der Waals surface area contributed by atoms with Gasteiger partial charge in [0.2, 0.25) is 5.95 Å². The van der Waals surface area contributed by atoms with Gasteiger partial charge >= 0.3 is 0 Å². The second-order valence-electron chi connectivity index (χ2n) is 4.89. The van der Waals surface area contributed by atoms with Crippen molar-refractivity contribution in [2.75, 3.05) is 11.9 Å². The van der Waals surface area contributed by atoms with E-state index in [1.165, 1.54) is 24.6 Å². The molecular formula is C16H21N3O. The molecule has 20 heavy (non-hydrogen) atoms. The average Bonchev–Trinajstić information content (AvgIpc) is 2.47. The first-order valence-electron chi connectivity index (χ1n) is 7.06. The topological polar surface area (TPSA) is 58.0 Å². The van der Waals surface area contributed by atoms with Gasteiger partial charge in [0.25, 0.3) is 0 Å². The minimum Gasteiger partial charge on any atom is -0.504 e. The lowest BCUT2D eigenvalue weighted by atomic mass is 10.1. The maximum atomic E-state index is 9.34. The molecule has 0 saturated carbocycles. The summed E-state index contributed by atoms with van der Waals surface area (Å²) in [5.41, 5.74) is 2.00. The molecule has 0 saturated heterocycles. The Bertz CT molecular complexity index is 529. The second kappa shape index (κ2) is 7.48. The zero-order valence-corrected chi connectivity index (χ0v) is 11.8. The van der Waals surface area contributed by atoms with Crippen LogP contribution in [0.4, 0.5) is 5.95 Å². The summed E-state index contributed by atoms with van der Waals surface area (Å²) in [6.45, 7) is 2.63. The van der Waals surface area contributed by atoms with Crippen LogP contribution in [0.1, 0.15) is 30.5 Å². The summed E-state index contributed by atoms with van der Waals surface area (Å²) < 4.78 is 0. The fourth-order valence-electron chi connectivity index (χ4n) is 2.02. The Kier molecular flexibility index (Phi) is 5.35. The molecule has 106 valence electrons. The molecule has 2 N–H and O–H groups in total. The lowest BCUT2D eigenvalue weighted by Gasteiger charge is -2.06. The number of nitrogens with zero attached hydrogens (tertiary/aromatic N) is 2. The Hall–Kier alpha value is -2.10. The van der Waals surface area contributed by atoms with Crippen molar-refractivity contribution >= 4 is 5.95 Å². The molecule has 0 fully saturated rings. The van der Waals surface area contributed by atoms with E-state index in [1.54, 1.807) is 6.92 Å². The molecule has 0 bridgehead atoms. The maximum absolute atomic E-state index is 9.34. The monoisotopic (exact) mass is 271 g/mol. The third kappa shape index (κ3) is 4.53. The summed E-state index contributed by atoms with van der Waals surface area (Å²) >= 11 is 0. The first-order valence-corrected chi connectivity index (χ1v) is 7.06. The summed E-state index contributed by atoms with van der Waals surface area (Å²) in [6.07, 6.45) is 6.03. The number of unbranched alkanes of at least 4 members (excludes halogenated alkanes) is 2. The van der Waals surface area contributed by atoms with Crippen LogP contribution in [0.5, 0.6) is 5.75 Å². The van der Waals surface area contributed by atoms with E-state index in [-0.39, 0.29) is 5.75 Å². The molecule has 0 aliphatic carbocycles. The van der Waals surface area contributed by atoms with Crippen molar-refractivity contribution in [2.45, 2.75) is 32.6 Å². The molecule has 0 aliphatic heterocycles. The van der Waals surface area contributed by atoms with Crippen molar-refractivity contribution < 1.29 is 5.11 Å². The van der Waals surface area contributed by atoms with E-state index in [4.69, 9.17) is 0 Å². The largest absolute Gasteiger partial charge is 0.504 e. The van der Waals surface area contributed by atoms with E-state index in [0.29, 0.717) is 11.6 Å². The quantitative estimate of drug-likeness (QED) is 0.758. The number of anilines is 1. The highest BCUT2D eigenvalue weighted by Gasteiger charge is 2.00. The van der Waals surface area contributed by atoms with Crippen molar-refractivity contribution in [3.8, 4) is 5.75 Å². The zero-order chi connectivity index (χ0) is 14.2. The van der Waals surface area contributed by atoms with Crippen LogP contribution in [0.25, 0.3) is 0 Å². The van der Waals surface area contributed by atoms with Crippen molar-refractivity contribution in [2.24, 2.45) is 0 Å². The van der Waals surface area contributed by atoms with Gasteiger partial charge in [-0.3, -0.25) is 0 Å². The van der Waals surface area contributed by atoms with Crippen molar-refractivity contribution in [1.82, 2.24) is 9.97 Å². The minimum absolute atomic E-state index is 0.137. The molecule has 1 heterocycles. The lowest BCUT2D eigenvalue weighted by molar-refractivity contribution is 0.464. The standard InChI is InChI=1S/C16H21N3O/c1-13-15(20)12-18-16(19-13)17-11-7-3-6-10-14-8-4-2-5-9-14/h2,4-5,8-9,12,20H,3,6-7,10-11H2,1H3,(H,17,18,19). The fraction of sp³-hybridized carbons (Fsp3) is 0.375. The van der Waals surface area contributed by atoms with Gasteiger partial charge in [0.1, 0.15) is 0 Å². The van der Waals surface area contributed by atoms with Gasteiger partial charge in [-0.2, -0.15) is 0 Å². The summed E-state index contributed by atoms with van der Waals surface area (Å²) in [5.74, 6) is 0.724. The molecule has 4 heteroatoms. The predicted molar refractivity (Wildman–Crippen MR) is 80.9 cm³/mol. The smallest absolute Gasteiger partial charge is 0.223 e. The number of nitrogens with one attached hydrogen (secondary N) is 1. The molecule has 2 rings (SSSR count). The lowest BCUT2D eigenvalue weighted by Crippen LogP contribution is -2.06. The molecule has 1 aromatic carbocycles. The molecule has 0 aliphatic rings. The van der Waals surface area contributed by atoms with Gasteiger partial charge in [0.05, 0.1) is 11.9 Å². The van der Waals surface area contributed by atoms with E-state index in [2.05, 4.69) is 39.6 Å². The summed E-state index contributed by atoms with van der Waals surface area (Å²) in [6, 6.07) is 10.6. The first kappa shape index (κ1) is 14.3. The average molecular weight is 271 g/mol. The number of hydrogen-bond acceptors (Lipinski definition) is 4. The molecule has 1 aromatic heterocycles. The molecule has 0 unspecified atom stereocenters. The number of benzene rings is 1. The molecular weight excluding hydrogens is 250 g/mol. The highest BCUT2D eigenvalue weighted by Crippen LogP contribution is 2.13. The van der Waals surface area contributed by atoms with Gasteiger partial charge in [-0.15, -0.1) is 0 Å². The van der Waals surface area contributed by atoms with E-state index >= 15 is 0 Å². The van der Waals surface area contributed by atoms with Gasteiger partial charge in [0.15, 0.2) is 5.75 Å². The van der Waals surface area contributed by atoms with E-state index < -0.39 is 0 Å². The normalized spacial score (nSPS) is 10.4. The molecule has 2 aromatic rings. The number of aromatic hydroxyl groups is 1. The van der Waals surface area contributed by atoms with Crippen LogP contribution < -0.4 is 5.32 Å². The van der Waals surface area contributed by atoms with Gasteiger partial charge in [-0.25, -0.2) is 9.97 Å². The SMILES string of the molecule is Cc1nc(NCCCCCc2ccccc2)ncc1O. The van der Waals surface area contributed by atoms with Crippen LogP contribution in [-0.2, 0) is 6.42 Å². The van der Waals surface area contributed by atoms with Crippen molar-refractivity contribution in [3.63, 3.8) is 0 Å². The van der Waals surface area contributed by atoms with E-state index in [9.17, 15) is 5.11 Å². The van der Waals surface area contributed by atoms with Crippen molar-refractivity contribution in [3.05, 3.63) is 47.8 Å². The predicted octanol–water partition coefficient (Wildman–Crippen LogP) is 3.32. The molecule has 4 nitrogen and oxygen atoms in total. The highest BCUT2D eigenvalue weighted by atomic mass is 16.3. The Morgan fingerprint density at radius 3 is 2.65 bits per heavy atom. The number of rotatable bonds is 7. The summed E-state index contributed by atoms with van der Waals surface area (Å²) in [7, 11) is 0. The molecule has 0 radical (unpaired) electrons. The zero-order valence-electron chi connectivity index (χ0n) is 11.8. The van der Waals surface area contributed by atoms with Crippen molar-refractivity contribution in [1.29, 1.82) is 0 Å². The van der Waals surface area contributed by atoms with Gasteiger partial charge in [0, 0.05) is 6.54 Å². The Labute approximate surface area is 119 Å². The van der Waals surface area contributed by atoms with Gasteiger partial charge in [-0.05, 0) is 31.7 Å². The number of aromatic nitrogens is 2. The van der Waals surface area contributed by atoms with Gasteiger partial charge < -0.3 is 10.4 Å². The third-order valence-electron chi connectivity index (χ3n) is 3.22. The molecule has 0 atom stereocenters. The fourth-order valence-corrected chi connectivity index (χ4v) is 2.02. The first-order chi connectivity index (χ1) is 9.75. The van der Waals surface area contributed by atoms with E-state index in [0.717, 1.165) is 19.4 Å². The van der Waals surface area contributed by atoms with Crippen LogP contribution in [0, 0.1) is 6.92 Å². The third-order valence-corrected chi connectivity index (χ3v) is 3.22. The van der Waals surface area contributed by atoms with Crippen LogP contribution in [0.2, 0.25) is 0 Å². The number of hydrogen-bond donors (Lipinski definition) is 2. The van der Waals surface area contributed by atoms with E-state index in [1.807, 2.05) is 6.07 Å². The summed E-state index contributed by atoms with van der Waals surface area (Å²) in [4.78, 5) is 8.20. The Morgan fingerprint density at radius 1 is 1.10 bits per heavy atom. The number of aryl methyl sites for hydroxylation is 2. The molecule has 0 amide bonds. The van der Waals surface area contributed by atoms with Crippen LogP contribution >= 0.6 is 0 Å². The van der Waals surface area contributed by atoms with Crippen LogP contribution in [0.15, 0.2) is 36.5 Å². The minimum atomic E-state index is 0.137. The molecule has 0 spiro atoms. The highest BCUT2D eigenvalue weighted by molar-refractivity contribution is 5.31. The van der Waals surface area contributed by atoms with Gasteiger partial charge in [-0.1, -0.05) is 36.8 Å². The maximum Gasteiger partial charge on any atom is 0.223 e. The Balaban J connectivity index is 1.61.